The monoisotopic (exact) mass is 401 g/mol. The van der Waals surface area contributed by atoms with Crippen LogP contribution in [0.4, 0.5) is 0 Å². The summed E-state index contributed by atoms with van der Waals surface area (Å²) in [5, 5.41) is 0. The van der Waals surface area contributed by atoms with E-state index in [1.165, 1.54) is 15.9 Å². The van der Waals surface area contributed by atoms with E-state index in [1.54, 1.807) is 30.1 Å². The van der Waals surface area contributed by atoms with Crippen LogP contribution in [0.15, 0.2) is 53.4 Å². The highest BCUT2D eigenvalue weighted by atomic mass is 32.2. The lowest BCUT2D eigenvalue weighted by Crippen LogP contribution is -2.47. The van der Waals surface area contributed by atoms with Crippen LogP contribution < -0.4 is 0 Å². The minimum atomic E-state index is -3.59. The first-order chi connectivity index (χ1) is 13.3. The molecule has 0 spiro atoms. The SMILES string of the molecule is Cc1ccc(CN(C)C(=O)c2cccc(S(=O)(=O)N3CCN(C)CC3)c2)cc1. The van der Waals surface area contributed by atoms with Crippen LogP contribution in [0.2, 0.25) is 0 Å². The topological polar surface area (TPSA) is 60.9 Å². The maximum atomic E-state index is 12.9. The molecule has 28 heavy (non-hydrogen) atoms. The summed E-state index contributed by atoms with van der Waals surface area (Å²) in [5.74, 6) is -0.198. The van der Waals surface area contributed by atoms with Crippen molar-refractivity contribution in [1.82, 2.24) is 14.1 Å². The molecule has 1 amide bonds. The lowest BCUT2D eigenvalue weighted by molar-refractivity contribution is 0.0785. The van der Waals surface area contributed by atoms with E-state index >= 15 is 0 Å². The van der Waals surface area contributed by atoms with Crippen molar-refractivity contribution in [2.24, 2.45) is 0 Å². The third-order valence-electron chi connectivity index (χ3n) is 5.07. The Morgan fingerprint density at radius 3 is 2.32 bits per heavy atom. The van der Waals surface area contributed by atoms with E-state index < -0.39 is 10.0 Å². The quantitative estimate of drug-likeness (QED) is 0.771. The minimum Gasteiger partial charge on any atom is -0.337 e. The lowest BCUT2D eigenvalue weighted by atomic mass is 10.1. The van der Waals surface area contributed by atoms with Crippen LogP contribution in [-0.4, -0.2) is 68.7 Å². The van der Waals surface area contributed by atoms with Crippen LogP contribution in [-0.2, 0) is 16.6 Å². The van der Waals surface area contributed by atoms with Gasteiger partial charge in [-0.25, -0.2) is 8.42 Å². The summed E-state index contributed by atoms with van der Waals surface area (Å²) in [6.45, 7) is 4.82. The van der Waals surface area contributed by atoms with Gasteiger partial charge in [-0.2, -0.15) is 4.31 Å². The molecule has 1 aliphatic heterocycles. The third kappa shape index (κ3) is 4.60. The maximum absolute atomic E-state index is 12.9. The molecule has 1 aliphatic rings. The Morgan fingerprint density at radius 2 is 1.68 bits per heavy atom. The molecule has 1 saturated heterocycles. The number of benzene rings is 2. The van der Waals surface area contributed by atoms with Crippen LogP contribution in [0.5, 0.6) is 0 Å². The molecular weight excluding hydrogens is 374 g/mol. The van der Waals surface area contributed by atoms with Crippen LogP contribution in [0.25, 0.3) is 0 Å². The van der Waals surface area contributed by atoms with Gasteiger partial charge in [0.1, 0.15) is 0 Å². The molecule has 2 aromatic rings. The fourth-order valence-corrected chi connectivity index (χ4v) is 4.70. The van der Waals surface area contributed by atoms with Crippen LogP contribution >= 0.6 is 0 Å². The average molecular weight is 402 g/mol. The number of aryl methyl sites for hydroxylation is 1. The Balaban J connectivity index is 1.76. The van der Waals surface area contributed by atoms with Crippen LogP contribution in [0.3, 0.4) is 0 Å². The van der Waals surface area contributed by atoms with Gasteiger partial charge in [-0.05, 0) is 37.7 Å². The highest BCUT2D eigenvalue weighted by Gasteiger charge is 2.28. The van der Waals surface area contributed by atoms with E-state index in [-0.39, 0.29) is 10.8 Å². The highest BCUT2D eigenvalue weighted by molar-refractivity contribution is 7.89. The summed E-state index contributed by atoms with van der Waals surface area (Å²) in [4.78, 5) is 16.7. The first-order valence-corrected chi connectivity index (χ1v) is 10.8. The smallest absolute Gasteiger partial charge is 0.253 e. The summed E-state index contributed by atoms with van der Waals surface area (Å²) in [5.41, 5.74) is 2.58. The van der Waals surface area contributed by atoms with E-state index in [9.17, 15) is 13.2 Å². The second-order valence-electron chi connectivity index (χ2n) is 7.38. The zero-order valence-corrected chi connectivity index (χ0v) is 17.4. The molecule has 0 aliphatic carbocycles. The maximum Gasteiger partial charge on any atom is 0.253 e. The van der Waals surface area contributed by atoms with Crippen molar-refractivity contribution in [1.29, 1.82) is 0 Å². The second-order valence-corrected chi connectivity index (χ2v) is 9.32. The summed E-state index contributed by atoms with van der Waals surface area (Å²) < 4.78 is 27.4. The van der Waals surface area contributed by atoms with Crippen molar-refractivity contribution < 1.29 is 13.2 Å². The molecule has 6 nitrogen and oxygen atoms in total. The lowest BCUT2D eigenvalue weighted by Gasteiger charge is -2.31. The van der Waals surface area contributed by atoms with Gasteiger partial charge in [0.15, 0.2) is 0 Å². The molecule has 7 heteroatoms. The van der Waals surface area contributed by atoms with Gasteiger partial charge in [0.05, 0.1) is 4.90 Å². The third-order valence-corrected chi connectivity index (χ3v) is 6.96. The standard InChI is InChI=1S/C21H27N3O3S/c1-17-7-9-18(10-8-17)16-23(3)21(25)19-5-4-6-20(15-19)28(26,27)24-13-11-22(2)12-14-24/h4-10,15H,11-14,16H2,1-3H3. The van der Waals surface area contributed by atoms with Gasteiger partial charge < -0.3 is 9.80 Å². The number of carbonyl (C=O) groups is 1. The number of hydrogen-bond donors (Lipinski definition) is 0. The molecule has 0 unspecified atom stereocenters. The molecule has 2 aromatic carbocycles. The molecule has 150 valence electrons. The Morgan fingerprint density at radius 1 is 1.04 bits per heavy atom. The summed E-state index contributed by atoms with van der Waals surface area (Å²) >= 11 is 0. The van der Waals surface area contributed by atoms with Gasteiger partial charge in [-0.1, -0.05) is 35.9 Å². The highest BCUT2D eigenvalue weighted by Crippen LogP contribution is 2.20. The van der Waals surface area contributed by atoms with Crippen molar-refractivity contribution in [2.75, 3.05) is 40.3 Å². The Bertz CT molecular complexity index is 934. The van der Waals surface area contributed by atoms with Gasteiger partial charge in [-0.15, -0.1) is 0 Å². The van der Waals surface area contributed by atoms with Gasteiger partial charge in [0.25, 0.3) is 5.91 Å². The van der Waals surface area contributed by atoms with E-state index in [4.69, 9.17) is 0 Å². The summed E-state index contributed by atoms with van der Waals surface area (Å²) in [7, 11) is 0.110. The molecule has 0 aromatic heterocycles. The zero-order valence-electron chi connectivity index (χ0n) is 16.6. The number of amides is 1. The van der Waals surface area contributed by atoms with Crippen molar-refractivity contribution in [3.63, 3.8) is 0 Å². The second kappa shape index (κ2) is 8.43. The molecule has 0 radical (unpaired) electrons. The van der Waals surface area contributed by atoms with Crippen molar-refractivity contribution >= 4 is 15.9 Å². The summed E-state index contributed by atoms with van der Waals surface area (Å²) in [6.07, 6.45) is 0. The molecular formula is C21H27N3O3S. The first kappa shape index (κ1) is 20.5. The number of rotatable bonds is 5. The molecule has 1 fully saturated rings. The fraction of sp³-hybridized carbons (Fsp3) is 0.381. The van der Waals surface area contributed by atoms with Crippen LogP contribution in [0.1, 0.15) is 21.5 Å². The molecule has 0 bridgehead atoms. The van der Waals surface area contributed by atoms with Gasteiger partial charge in [-0.3, -0.25) is 4.79 Å². The number of sulfonamides is 1. The number of likely N-dealkylation sites (N-methyl/N-ethyl adjacent to an activating group) is 1. The summed E-state index contributed by atoms with van der Waals surface area (Å²) in [6, 6.07) is 14.4. The van der Waals surface area contributed by atoms with Crippen LogP contribution in [0, 0.1) is 6.92 Å². The number of piperazine rings is 1. The van der Waals surface area contributed by atoms with E-state index in [2.05, 4.69) is 4.90 Å². The minimum absolute atomic E-state index is 0.173. The fourth-order valence-electron chi connectivity index (χ4n) is 3.23. The molecule has 0 atom stereocenters. The Kier molecular flexibility index (Phi) is 6.17. The average Bonchev–Trinajstić information content (AvgIpc) is 2.69. The first-order valence-electron chi connectivity index (χ1n) is 9.37. The van der Waals surface area contributed by atoms with E-state index in [0.29, 0.717) is 38.3 Å². The largest absolute Gasteiger partial charge is 0.337 e. The van der Waals surface area contributed by atoms with E-state index in [1.807, 2.05) is 38.2 Å². The molecule has 3 rings (SSSR count). The molecule has 0 N–H and O–H groups in total. The van der Waals surface area contributed by atoms with Crippen molar-refractivity contribution in [3.05, 3.63) is 65.2 Å². The van der Waals surface area contributed by atoms with Gasteiger partial charge in [0, 0.05) is 45.3 Å². The number of nitrogens with zero attached hydrogens (tertiary/aromatic N) is 3. The van der Waals surface area contributed by atoms with Gasteiger partial charge >= 0.3 is 0 Å². The number of hydrogen-bond acceptors (Lipinski definition) is 4. The van der Waals surface area contributed by atoms with Gasteiger partial charge in [0.2, 0.25) is 10.0 Å². The number of carbonyl (C=O) groups excluding carboxylic acids is 1. The Labute approximate surface area is 167 Å². The zero-order chi connectivity index (χ0) is 20.3. The van der Waals surface area contributed by atoms with E-state index in [0.717, 1.165) is 5.56 Å². The Hall–Kier alpha value is -2.22. The normalized spacial score (nSPS) is 16.1. The predicted molar refractivity (Wildman–Crippen MR) is 110 cm³/mol. The van der Waals surface area contributed by atoms with Crippen molar-refractivity contribution in [3.8, 4) is 0 Å². The van der Waals surface area contributed by atoms with Crippen molar-refractivity contribution in [2.45, 2.75) is 18.4 Å². The molecule has 1 heterocycles. The predicted octanol–water partition coefficient (Wildman–Crippen LogP) is 2.20. The molecule has 0 saturated carbocycles.